The second-order valence-electron chi connectivity index (χ2n) is 7.26. The normalized spacial score (nSPS) is 11.8. The zero-order chi connectivity index (χ0) is 18.9. The van der Waals surface area contributed by atoms with E-state index in [4.69, 9.17) is 9.84 Å². The Morgan fingerprint density at radius 2 is 1.48 bits per heavy atom. The van der Waals surface area contributed by atoms with Gasteiger partial charge in [0, 0.05) is 11.6 Å². The Kier molecular flexibility index (Phi) is 15.3. The van der Waals surface area contributed by atoms with E-state index >= 15 is 0 Å². The van der Waals surface area contributed by atoms with Gasteiger partial charge in [0.05, 0.1) is 6.61 Å². The van der Waals surface area contributed by atoms with Gasteiger partial charge in [0.15, 0.2) is 0 Å². The van der Waals surface area contributed by atoms with Gasteiger partial charge in [-0.1, -0.05) is 78.6 Å². The standard InChI is InChI=1S/C21H38O4/c1-4-5-15-19(21(23)24)17-20(22)25-16-13-11-9-7-6-8-10-12-14-18(2)3/h17-18H,4-16H2,1-3H3,(H,23,24). The second kappa shape index (κ2) is 16.2. The molecule has 0 fully saturated rings. The topological polar surface area (TPSA) is 63.6 Å². The highest BCUT2D eigenvalue weighted by molar-refractivity contribution is 5.95. The number of rotatable bonds is 16. The van der Waals surface area contributed by atoms with Crippen molar-refractivity contribution in [3.05, 3.63) is 11.6 Å². The highest BCUT2D eigenvalue weighted by atomic mass is 16.5. The number of esters is 1. The van der Waals surface area contributed by atoms with Gasteiger partial charge in [0.1, 0.15) is 0 Å². The number of aliphatic carboxylic acids is 1. The molecular formula is C21H38O4. The van der Waals surface area contributed by atoms with Gasteiger partial charge < -0.3 is 9.84 Å². The molecule has 0 amide bonds. The molecule has 0 aliphatic heterocycles. The van der Waals surface area contributed by atoms with Crippen molar-refractivity contribution in [1.29, 1.82) is 0 Å². The van der Waals surface area contributed by atoms with E-state index in [1.807, 2.05) is 6.92 Å². The fourth-order valence-corrected chi connectivity index (χ4v) is 2.68. The van der Waals surface area contributed by atoms with E-state index in [0.717, 1.165) is 37.7 Å². The Balaban J connectivity index is 3.60. The minimum atomic E-state index is -1.03. The fourth-order valence-electron chi connectivity index (χ4n) is 2.68. The van der Waals surface area contributed by atoms with Gasteiger partial charge in [0.2, 0.25) is 0 Å². The zero-order valence-electron chi connectivity index (χ0n) is 16.5. The van der Waals surface area contributed by atoms with E-state index in [-0.39, 0.29) is 5.57 Å². The minimum absolute atomic E-state index is 0.143. The lowest BCUT2D eigenvalue weighted by atomic mass is 10.0. The summed E-state index contributed by atoms with van der Waals surface area (Å²) in [5.41, 5.74) is 0.143. The molecule has 0 aromatic heterocycles. The molecule has 0 aromatic carbocycles. The average molecular weight is 355 g/mol. The van der Waals surface area contributed by atoms with Crippen molar-refractivity contribution in [2.24, 2.45) is 5.92 Å². The number of carboxylic acid groups (broad SMARTS) is 1. The molecule has 0 spiro atoms. The third-order valence-corrected chi connectivity index (χ3v) is 4.29. The molecule has 0 saturated carbocycles. The van der Waals surface area contributed by atoms with Crippen molar-refractivity contribution in [2.75, 3.05) is 6.61 Å². The number of unbranched alkanes of at least 4 members (excludes halogenated alkanes) is 8. The van der Waals surface area contributed by atoms with Gasteiger partial charge in [-0.15, -0.1) is 0 Å². The molecule has 0 aliphatic carbocycles. The predicted molar refractivity (Wildman–Crippen MR) is 103 cm³/mol. The maximum absolute atomic E-state index is 11.6. The van der Waals surface area contributed by atoms with Crippen LogP contribution >= 0.6 is 0 Å². The first-order chi connectivity index (χ1) is 12.0. The SMILES string of the molecule is CCCCC(=CC(=O)OCCCCCCCCCCC(C)C)C(=O)O. The number of ether oxygens (including phenoxy) is 1. The number of hydrogen-bond donors (Lipinski definition) is 1. The van der Waals surface area contributed by atoms with E-state index in [2.05, 4.69) is 13.8 Å². The van der Waals surface area contributed by atoms with Gasteiger partial charge in [-0.25, -0.2) is 9.59 Å². The molecule has 4 heteroatoms. The maximum atomic E-state index is 11.6. The monoisotopic (exact) mass is 354 g/mol. The van der Waals surface area contributed by atoms with Crippen LogP contribution in [0, 0.1) is 5.92 Å². The van der Waals surface area contributed by atoms with Crippen LogP contribution in [0.5, 0.6) is 0 Å². The highest BCUT2D eigenvalue weighted by Crippen LogP contribution is 2.13. The highest BCUT2D eigenvalue weighted by Gasteiger charge is 2.10. The molecular weight excluding hydrogens is 316 g/mol. The van der Waals surface area contributed by atoms with Crippen LogP contribution in [-0.4, -0.2) is 23.7 Å². The smallest absolute Gasteiger partial charge is 0.331 e. The Morgan fingerprint density at radius 1 is 0.920 bits per heavy atom. The van der Waals surface area contributed by atoms with Crippen molar-refractivity contribution < 1.29 is 19.4 Å². The lowest BCUT2D eigenvalue weighted by Gasteiger charge is -2.05. The summed E-state index contributed by atoms with van der Waals surface area (Å²) in [6.07, 6.45) is 14.2. The summed E-state index contributed by atoms with van der Waals surface area (Å²) >= 11 is 0. The quantitative estimate of drug-likeness (QED) is 0.213. The van der Waals surface area contributed by atoms with Crippen LogP contribution in [0.2, 0.25) is 0 Å². The molecule has 0 atom stereocenters. The molecule has 146 valence electrons. The minimum Gasteiger partial charge on any atom is -0.478 e. The van der Waals surface area contributed by atoms with E-state index in [9.17, 15) is 9.59 Å². The van der Waals surface area contributed by atoms with E-state index in [0.29, 0.717) is 13.0 Å². The fraction of sp³-hybridized carbons (Fsp3) is 0.810. The number of carbonyl (C=O) groups excluding carboxylic acids is 1. The number of hydrogen-bond acceptors (Lipinski definition) is 3. The lowest BCUT2D eigenvalue weighted by molar-refractivity contribution is -0.139. The molecule has 4 nitrogen and oxygen atoms in total. The molecule has 25 heavy (non-hydrogen) atoms. The van der Waals surface area contributed by atoms with Gasteiger partial charge in [-0.3, -0.25) is 0 Å². The van der Waals surface area contributed by atoms with E-state index in [1.165, 1.54) is 44.9 Å². The molecule has 0 aliphatic rings. The summed E-state index contributed by atoms with van der Waals surface area (Å²) in [6, 6.07) is 0. The van der Waals surface area contributed by atoms with Gasteiger partial charge in [0.25, 0.3) is 0 Å². The first-order valence-electron chi connectivity index (χ1n) is 10.1. The molecule has 1 N–H and O–H groups in total. The predicted octanol–water partition coefficient (Wildman–Crippen LogP) is 5.90. The largest absolute Gasteiger partial charge is 0.478 e. The van der Waals surface area contributed by atoms with Gasteiger partial charge >= 0.3 is 11.9 Å². The molecule has 0 unspecified atom stereocenters. The number of carbonyl (C=O) groups is 2. The maximum Gasteiger partial charge on any atom is 0.331 e. The van der Waals surface area contributed by atoms with Gasteiger partial charge in [-0.05, 0) is 25.2 Å². The van der Waals surface area contributed by atoms with Crippen molar-refractivity contribution >= 4 is 11.9 Å². The van der Waals surface area contributed by atoms with E-state index in [1.54, 1.807) is 0 Å². The summed E-state index contributed by atoms with van der Waals surface area (Å²) in [7, 11) is 0. The van der Waals surface area contributed by atoms with Crippen LogP contribution in [0.4, 0.5) is 0 Å². The summed E-state index contributed by atoms with van der Waals surface area (Å²) in [5.74, 6) is -0.742. The molecule has 0 heterocycles. The Hall–Kier alpha value is -1.32. The Morgan fingerprint density at radius 3 is 2.00 bits per heavy atom. The molecule has 0 aromatic rings. The van der Waals surface area contributed by atoms with Crippen molar-refractivity contribution in [1.82, 2.24) is 0 Å². The third-order valence-electron chi connectivity index (χ3n) is 4.29. The molecule has 0 bridgehead atoms. The molecule has 0 rings (SSSR count). The molecule has 0 saturated heterocycles. The summed E-state index contributed by atoms with van der Waals surface area (Å²) in [6.45, 7) is 6.92. The average Bonchev–Trinajstić information content (AvgIpc) is 2.55. The van der Waals surface area contributed by atoms with Crippen molar-refractivity contribution in [3.8, 4) is 0 Å². The van der Waals surface area contributed by atoms with Crippen molar-refractivity contribution in [2.45, 2.75) is 97.8 Å². The third kappa shape index (κ3) is 15.9. The Labute approximate surface area is 154 Å². The zero-order valence-corrected chi connectivity index (χ0v) is 16.5. The lowest BCUT2D eigenvalue weighted by Crippen LogP contribution is -2.08. The van der Waals surface area contributed by atoms with Crippen LogP contribution in [-0.2, 0) is 14.3 Å². The van der Waals surface area contributed by atoms with Crippen molar-refractivity contribution in [3.63, 3.8) is 0 Å². The summed E-state index contributed by atoms with van der Waals surface area (Å²) < 4.78 is 5.11. The van der Waals surface area contributed by atoms with Crippen LogP contribution < -0.4 is 0 Å². The summed E-state index contributed by atoms with van der Waals surface area (Å²) in [4.78, 5) is 22.7. The van der Waals surface area contributed by atoms with E-state index < -0.39 is 11.9 Å². The van der Waals surface area contributed by atoms with Crippen LogP contribution in [0.1, 0.15) is 97.8 Å². The van der Waals surface area contributed by atoms with Crippen LogP contribution in [0.15, 0.2) is 11.6 Å². The van der Waals surface area contributed by atoms with Gasteiger partial charge in [-0.2, -0.15) is 0 Å². The first-order valence-corrected chi connectivity index (χ1v) is 10.1. The Bertz CT molecular complexity index is 385. The van der Waals surface area contributed by atoms with Crippen LogP contribution in [0.25, 0.3) is 0 Å². The molecule has 0 radical (unpaired) electrons. The van der Waals surface area contributed by atoms with Crippen LogP contribution in [0.3, 0.4) is 0 Å². The summed E-state index contributed by atoms with van der Waals surface area (Å²) in [5, 5.41) is 9.05. The second-order valence-corrected chi connectivity index (χ2v) is 7.26. The first kappa shape index (κ1) is 23.7. The number of carboxylic acids is 1.